The number of thioether (sulfide) groups is 1. The number of nitrogens with two attached hydrogens (primary N) is 1. The summed E-state index contributed by atoms with van der Waals surface area (Å²) in [6, 6.07) is 0. The smallest absolute Gasteiger partial charge is 0.387 e. The van der Waals surface area contributed by atoms with Gasteiger partial charge in [-0.3, -0.25) is 9.09 Å². The second-order valence-corrected chi connectivity index (χ2v) is 9.41. The molecule has 3 rings (SSSR count). The molecule has 2 aromatic rings. The minimum atomic E-state index is -5.30. The number of ether oxygens (including phenoxy) is 1. The summed E-state index contributed by atoms with van der Waals surface area (Å²) in [5.74, 6) is 0.0989. The molecule has 1 fully saturated rings. The summed E-state index contributed by atoms with van der Waals surface area (Å²) >= 11 is 1.22. The monoisotopic (exact) mass is 542 g/mol. The molecule has 162 valence electrons. The SMILES string of the molecule is CSc1nc(N)c2ncn([C@@H]3O[C@H](COP(=O)(O)OP(=O)(O)O)[C@@H](O)[C@H]3O)c2n1.[Na+].[Na+].[Na+]. The van der Waals surface area contributed by atoms with Gasteiger partial charge in [0.05, 0.1) is 12.9 Å². The molecule has 0 radical (unpaired) electrons. The fraction of sp³-hybridized carbons (Fsp3) is 0.545. The van der Waals surface area contributed by atoms with Crippen LogP contribution in [0.1, 0.15) is 6.23 Å². The molecule has 15 nitrogen and oxygen atoms in total. The molecule has 1 aliphatic heterocycles. The zero-order chi connectivity index (χ0) is 21.6. The first-order chi connectivity index (χ1) is 13.4. The Morgan fingerprint density at radius 3 is 2.38 bits per heavy atom. The third kappa shape index (κ3) is 8.18. The molecule has 0 aliphatic carbocycles. The number of rotatable bonds is 7. The molecule has 7 N–H and O–H groups in total. The number of aromatic nitrogens is 4. The number of nitrogens with zero attached hydrogens (tertiary/aromatic N) is 4. The van der Waals surface area contributed by atoms with E-state index in [1.54, 1.807) is 6.26 Å². The van der Waals surface area contributed by atoms with E-state index in [4.69, 9.17) is 20.3 Å². The van der Waals surface area contributed by atoms with Gasteiger partial charge in [-0.25, -0.2) is 24.1 Å². The van der Waals surface area contributed by atoms with Gasteiger partial charge < -0.3 is 35.4 Å². The Balaban J connectivity index is 0.00000320. The van der Waals surface area contributed by atoms with Crippen LogP contribution in [0.25, 0.3) is 11.2 Å². The zero-order valence-corrected chi connectivity index (χ0v) is 26.1. The number of phosphoric acid groups is 2. The minimum Gasteiger partial charge on any atom is -0.387 e. The molecule has 0 bridgehead atoms. The molecular weight excluding hydrogens is 525 g/mol. The molecular formula is C11H17N5Na3O10P2S+3. The van der Waals surface area contributed by atoms with Gasteiger partial charge in [-0.2, -0.15) is 4.31 Å². The topological polar surface area (TPSA) is 233 Å². The van der Waals surface area contributed by atoms with Crippen molar-refractivity contribution in [1.82, 2.24) is 19.5 Å². The Morgan fingerprint density at radius 1 is 1.19 bits per heavy atom. The van der Waals surface area contributed by atoms with Crippen molar-refractivity contribution in [3.8, 4) is 0 Å². The third-order valence-electron chi connectivity index (χ3n) is 3.83. The normalized spacial score (nSPS) is 24.8. The number of aliphatic hydroxyl groups excluding tert-OH is 2. The van der Waals surface area contributed by atoms with Crippen LogP contribution in [-0.2, 0) is 22.7 Å². The largest absolute Gasteiger partial charge is 1.00 e. The Hall–Kier alpha value is 1.84. The molecule has 0 aromatic carbocycles. The Kier molecular flexibility index (Phi) is 14.2. The molecule has 0 amide bonds. The first kappa shape index (κ1) is 33.8. The summed E-state index contributed by atoms with van der Waals surface area (Å²) in [5.41, 5.74) is 6.29. The quantitative estimate of drug-likeness (QED) is 0.0825. The van der Waals surface area contributed by atoms with Gasteiger partial charge in [-0.1, -0.05) is 11.8 Å². The maximum Gasteiger partial charge on any atom is 1.00 e. The number of fused-ring (bicyclic) bond motifs is 1. The van der Waals surface area contributed by atoms with Crippen molar-refractivity contribution in [3.63, 3.8) is 0 Å². The van der Waals surface area contributed by atoms with Crippen LogP contribution in [0.15, 0.2) is 11.5 Å². The van der Waals surface area contributed by atoms with Gasteiger partial charge in [0.2, 0.25) is 0 Å². The van der Waals surface area contributed by atoms with E-state index in [2.05, 4.69) is 23.8 Å². The predicted octanol–water partition coefficient (Wildman–Crippen LogP) is -10.0. The van der Waals surface area contributed by atoms with Crippen molar-refractivity contribution in [2.45, 2.75) is 29.7 Å². The first-order valence-electron chi connectivity index (χ1n) is 7.71. The van der Waals surface area contributed by atoms with Crippen LogP contribution in [0.2, 0.25) is 0 Å². The third-order valence-corrected chi connectivity index (χ3v) is 6.53. The molecule has 21 heteroatoms. The molecule has 3 heterocycles. The van der Waals surface area contributed by atoms with Crippen LogP contribution in [0.4, 0.5) is 5.82 Å². The number of anilines is 1. The summed E-state index contributed by atoms with van der Waals surface area (Å²) < 4.78 is 37.1. The molecule has 0 spiro atoms. The van der Waals surface area contributed by atoms with Crippen LogP contribution in [-0.4, -0.2) is 75.6 Å². The van der Waals surface area contributed by atoms with E-state index in [9.17, 15) is 24.2 Å². The first-order valence-corrected chi connectivity index (χ1v) is 12.0. The van der Waals surface area contributed by atoms with E-state index in [1.165, 1.54) is 22.7 Å². The number of nitrogen functional groups attached to an aromatic ring is 1. The molecule has 1 aliphatic rings. The van der Waals surface area contributed by atoms with E-state index in [0.29, 0.717) is 5.16 Å². The van der Waals surface area contributed by atoms with E-state index in [-0.39, 0.29) is 106 Å². The number of aliphatic hydroxyl groups is 2. The van der Waals surface area contributed by atoms with Gasteiger partial charge in [-0.15, -0.1) is 0 Å². The summed E-state index contributed by atoms with van der Waals surface area (Å²) in [7, 11) is -10.4. The Morgan fingerprint density at radius 2 is 1.81 bits per heavy atom. The van der Waals surface area contributed by atoms with Gasteiger partial charge in [-0.05, 0) is 6.26 Å². The molecule has 32 heavy (non-hydrogen) atoms. The summed E-state index contributed by atoms with van der Waals surface area (Å²) in [5, 5.41) is 20.8. The van der Waals surface area contributed by atoms with Crippen LogP contribution in [0.3, 0.4) is 0 Å². The Bertz CT molecular complexity index is 1010. The number of hydrogen-bond acceptors (Lipinski definition) is 12. The molecule has 1 saturated heterocycles. The van der Waals surface area contributed by atoms with Gasteiger partial charge >= 0.3 is 104 Å². The molecule has 2 aromatic heterocycles. The van der Waals surface area contributed by atoms with Gasteiger partial charge in [0.25, 0.3) is 0 Å². The van der Waals surface area contributed by atoms with Gasteiger partial charge in [0.1, 0.15) is 23.8 Å². The van der Waals surface area contributed by atoms with E-state index in [0.717, 1.165) is 0 Å². The fourth-order valence-corrected chi connectivity index (χ4v) is 4.58. The van der Waals surface area contributed by atoms with Gasteiger partial charge in [0.15, 0.2) is 22.8 Å². The summed E-state index contributed by atoms with van der Waals surface area (Å²) in [4.78, 5) is 38.8. The minimum absolute atomic E-state index is 0. The Labute approximate surface area is 251 Å². The van der Waals surface area contributed by atoms with Crippen LogP contribution in [0, 0.1) is 0 Å². The van der Waals surface area contributed by atoms with Crippen LogP contribution < -0.4 is 94.4 Å². The van der Waals surface area contributed by atoms with Crippen molar-refractivity contribution in [2.24, 2.45) is 0 Å². The number of imidazole rings is 1. The average Bonchev–Trinajstić information content (AvgIpc) is 3.13. The zero-order valence-electron chi connectivity index (χ0n) is 17.5. The van der Waals surface area contributed by atoms with Crippen LogP contribution in [0.5, 0.6) is 0 Å². The maximum absolute atomic E-state index is 11.5. The van der Waals surface area contributed by atoms with E-state index in [1.807, 2.05) is 0 Å². The van der Waals surface area contributed by atoms with Gasteiger partial charge in [0, 0.05) is 0 Å². The van der Waals surface area contributed by atoms with Crippen molar-refractivity contribution in [3.05, 3.63) is 6.33 Å². The average molecular weight is 542 g/mol. The van der Waals surface area contributed by atoms with Crippen molar-refractivity contribution in [1.29, 1.82) is 0 Å². The van der Waals surface area contributed by atoms with E-state index < -0.39 is 46.8 Å². The number of phosphoric ester groups is 1. The molecule has 1 unspecified atom stereocenters. The maximum atomic E-state index is 11.5. The number of hydrogen-bond donors (Lipinski definition) is 6. The summed E-state index contributed by atoms with van der Waals surface area (Å²) in [6.45, 7) is -0.817. The standard InChI is InChI=1S/C11H17N5O10P2S.3Na/c1-29-11-14-8(12)5-9(15-11)16(3-13-5)10-7(18)6(17)4(25-10)2-24-28(22,23)26-27(19,20)21;;;/h3-4,6-7,10,17-18H,2H2,1H3,(H,22,23)(H2,12,14,15)(H2,19,20,21);;;/q;3*+1/t4-,6-,7-,10-;;;/m1.../s1. The summed E-state index contributed by atoms with van der Waals surface area (Å²) in [6.07, 6.45) is -2.66. The van der Waals surface area contributed by atoms with Crippen LogP contribution >= 0.6 is 27.4 Å². The van der Waals surface area contributed by atoms with Crippen molar-refractivity contribution < 1.29 is 136 Å². The van der Waals surface area contributed by atoms with Crippen molar-refractivity contribution in [2.75, 3.05) is 18.6 Å². The van der Waals surface area contributed by atoms with E-state index >= 15 is 0 Å². The second kappa shape index (κ2) is 13.4. The predicted molar refractivity (Wildman–Crippen MR) is 96.3 cm³/mol. The van der Waals surface area contributed by atoms with Crippen molar-refractivity contribution >= 4 is 44.4 Å². The molecule has 5 atom stereocenters. The fourth-order valence-electron chi connectivity index (χ4n) is 2.62. The second-order valence-electron chi connectivity index (χ2n) is 5.80. The molecule has 0 saturated carbocycles.